The number of amides is 1. The van der Waals surface area contributed by atoms with Gasteiger partial charge in [-0.25, -0.2) is 0 Å². The molecule has 0 unspecified atom stereocenters. The Kier molecular flexibility index (Phi) is 5.12. The van der Waals surface area contributed by atoms with Gasteiger partial charge >= 0.3 is 0 Å². The third-order valence-electron chi connectivity index (χ3n) is 2.02. The molecule has 2 nitrogen and oxygen atoms in total. The number of carbonyl (C=O) groups excluding carboxylic acids is 1. The number of benzene rings is 1. The first-order valence-electron chi connectivity index (χ1n) is 4.78. The Bertz CT molecular complexity index is 343. The lowest BCUT2D eigenvalue weighted by molar-refractivity contribution is -0.119. The van der Waals surface area contributed by atoms with Crippen molar-refractivity contribution in [3.63, 3.8) is 0 Å². The van der Waals surface area contributed by atoms with Crippen LogP contribution in [0.5, 0.6) is 0 Å². The van der Waals surface area contributed by atoms with E-state index in [0.29, 0.717) is 6.42 Å². The highest BCUT2D eigenvalue weighted by Crippen LogP contribution is 2.07. The summed E-state index contributed by atoms with van der Waals surface area (Å²) < 4.78 is 0. The van der Waals surface area contributed by atoms with E-state index in [0.717, 1.165) is 16.5 Å². The smallest absolute Gasteiger partial charge is 0.224 e. The fourth-order valence-corrected chi connectivity index (χ4v) is 1.39. The van der Waals surface area contributed by atoms with Crippen molar-refractivity contribution in [2.75, 3.05) is 12.4 Å². The molecule has 0 heterocycles. The van der Waals surface area contributed by atoms with Gasteiger partial charge in [-0.3, -0.25) is 4.79 Å². The van der Waals surface area contributed by atoms with Crippen LogP contribution in [0, 0.1) is 0 Å². The van der Waals surface area contributed by atoms with Gasteiger partial charge in [0.25, 0.3) is 0 Å². The zero-order valence-corrected chi connectivity index (χ0v) is 10.3. The molecule has 1 rings (SSSR count). The summed E-state index contributed by atoms with van der Waals surface area (Å²) in [6.45, 7) is 0. The largest absolute Gasteiger partial charge is 0.359 e. The van der Waals surface area contributed by atoms with Gasteiger partial charge in [-0.2, -0.15) is 0 Å². The number of allylic oxidation sites excluding steroid dienone is 1. The minimum atomic E-state index is 0.0405. The Morgan fingerprint density at radius 1 is 1.40 bits per heavy atom. The van der Waals surface area contributed by atoms with Gasteiger partial charge in [0.2, 0.25) is 5.91 Å². The molecule has 0 bridgehead atoms. The van der Waals surface area contributed by atoms with Crippen LogP contribution in [0.4, 0.5) is 0 Å². The van der Waals surface area contributed by atoms with Gasteiger partial charge in [-0.1, -0.05) is 52.3 Å². The van der Waals surface area contributed by atoms with Gasteiger partial charge in [0.05, 0.1) is 6.42 Å². The van der Waals surface area contributed by atoms with E-state index in [1.165, 1.54) is 0 Å². The van der Waals surface area contributed by atoms with Crippen LogP contribution in [0.15, 0.2) is 30.3 Å². The van der Waals surface area contributed by atoms with Crippen molar-refractivity contribution in [1.82, 2.24) is 5.32 Å². The third kappa shape index (κ3) is 4.30. The zero-order chi connectivity index (χ0) is 11.1. The third-order valence-corrected chi connectivity index (χ3v) is 2.40. The predicted molar refractivity (Wildman–Crippen MR) is 67.0 cm³/mol. The summed E-state index contributed by atoms with van der Waals surface area (Å²) in [6.07, 6.45) is 4.52. The molecule has 0 spiro atoms. The number of alkyl halides is 1. The highest BCUT2D eigenvalue weighted by Gasteiger charge is 1.99. The van der Waals surface area contributed by atoms with Crippen molar-refractivity contribution in [3.8, 4) is 0 Å². The Hall–Kier alpha value is -1.09. The molecule has 1 amide bonds. The van der Waals surface area contributed by atoms with E-state index in [1.807, 2.05) is 36.4 Å². The van der Waals surface area contributed by atoms with Crippen LogP contribution in [0.1, 0.15) is 11.1 Å². The van der Waals surface area contributed by atoms with Crippen LogP contribution in [0.25, 0.3) is 6.08 Å². The van der Waals surface area contributed by atoms with E-state index >= 15 is 0 Å². The van der Waals surface area contributed by atoms with Crippen LogP contribution in [0.3, 0.4) is 0 Å². The topological polar surface area (TPSA) is 29.1 Å². The number of nitrogens with one attached hydrogen (secondary N) is 1. The van der Waals surface area contributed by atoms with E-state index in [9.17, 15) is 4.79 Å². The number of carbonyl (C=O) groups is 1. The molecule has 0 saturated carbocycles. The van der Waals surface area contributed by atoms with E-state index in [2.05, 4.69) is 21.2 Å². The maximum Gasteiger partial charge on any atom is 0.224 e. The standard InChI is InChI=1S/C12H14BrNO/c1-14-12(15)9-11-6-4-10(5-7-11)3-2-8-13/h2-7H,8-9H2,1H3,(H,14,15). The summed E-state index contributed by atoms with van der Waals surface area (Å²) in [7, 11) is 1.65. The average molecular weight is 268 g/mol. The maximum atomic E-state index is 11.1. The summed E-state index contributed by atoms with van der Waals surface area (Å²) in [6, 6.07) is 7.97. The Labute approximate surface area is 98.5 Å². The van der Waals surface area contributed by atoms with Gasteiger partial charge in [0, 0.05) is 12.4 Å². The second-order valence-electron chi connectivity index (χ2n) is 3.15. The van der Waals surface area contributed by atoms with E-state index < -0.39 is 0 Å². The lowest BCUT2D eigenvalue weighted by atomic mass is 10.1. The molecule has 1 aromatic carbocycles. The van der Waals surface area contributed by atoms with Crippen LogP contribution < -0.4 is 5.32 Å². The molecule has 0 radical (unpaired) electrons. The molecule has 0 fully saturated rings. The van der Waals surface area contributed by atoms with Crippen molar-refractivity contribution < 1.29 is 4.79 Å². The molecule has 80 valence electrons. The molecule has 15 heavy (non-hydrogen) atoms. The minimum Gasteiger partial charge on any atom is -0.359 e. The van der Waals surface area contributed by atoms with Gasteiger partial charge in [-0.15, -0.1) is 0 Å². The fraction of sp³-hybridized carbons (Fsp3) is 0.250. The van der Waals surface area contributed by atoms with E-state index in [4.69, 9.17) is 0 Å². The molecule has 0 aromatic heterocycles. The van der Waals surface area contributed by atoms with Crippen LogP contribution >= 0.6 is 15.9 Å². The summed E-state index contributed by atoms with van der Waals surface area (Å²) in [5.74, 6) is 0.0405. The second kappa shape index (κ2) is 6.40. The fourth-order valence-electron chi connectivity index (χ4n) is 1.20. The molecule has 0 atom stereocenters. The average Bonchev–Trinajstić information content (AvgIpc) is 2.28. The molecule has 0 saturated heterocycles. The SMILES string of the molecule is CNC(=O)Cc1ccc(C=CCBr)cc1. The Morgan fingerprint density at radius 3 is 2.60 bits per heavy atom. The number of hydrogen-bond donors (Lipinski definition) is 1. The maximum absolute atomic E-state index is 11.1. The summed E-state index contributed by atoms with van der Waals surface area (Å²) in [4.78, 5) is 11.1. The second-order valence-corrected chi connectivity index (χ2v) is 3.80. The lowest BCUT2D eigenvalue weighted by Crippen LogP contribution is -2.19. The first-order valence-corrected chi connectivity index (χ1v) is 5.90. The van der Waals surface area contributed by atoms with E-state index in [1.54, 1.807) is 7.05 Å². The number of rotatable bonds is 4. The number of halogens is 1. The predicted octanol–water partition coefficient (Wildman–Crippen LogP) is 2.38. The first-order chi connectivity index (χ1) is 7.26. The summed E-state index contributed by atoms with van der Waals surface area (Å²) in [5.41, 5.74) is 2.18. The van der Waals surface area contributed by atoms with Crippen LogP contribution in [-0.2, 0) is 11.2 Å². The van der Waals surface area contributed by atoms with Gasteiger partial charge < -0.3 is 5.32 Å². The van der Waals surface area contributed by atoms with Crippen LogP contribution in [0.2, 0.25) is 0 Å². The quantitative estimate of drug-likeness (QED) is 0.835. The molecular formula is C12H14BrNO. The normalized spacial score (nSPS) is 10.5. The molecule has 0 aliphatic carbocycles. The molecule has 0 aliphatic rings. The summed E-state index contributed by atoms with van der Waals surface area (Å²) >= 11 is 3.32. The van der Waals surface area contributed by atoms with E-state index in [-0.39, 0.29) is 5.91 Å². The molecule has 0 aliphatic heterocycles. The van der Waals surface area contributed by atoms with Crippen molar-refractivity contribution in [1.29, 1.82) is 0 Å². The highest BCUT2D eigenvalue weighted by molar-refractivity contribution is 9.09. The summed E-state index contributed by atoms with van der Waals surface area (Å²) in [5, 5.41) is 3.46. The van der Waals surface area contributed by atoms with Crippen molar-refractivity contribution in [3.05, 3.63) is 41.5 Å². The lowest BCUT2D eigenvalue weighted by Gasteiger charge is -2.00. The van der Waals surface area contributed by atoms with Crippen molar-refractivity contribution in [2.24, 2.45) is 0 Å². The minimum absolute atomic E-state index is 0.0405. The Balaban J connectivity index is 2.64. The molecule has 1 aromatic rings. The molecule has 3 heteroatoms. The van der Waals surface area contributed by atoms with Gasteiger partial charge in [-0.05, 0) is 11.1 Å². The highest BCUT2D eigenvalue weighted by atomic mass is 79.9. The molecule has 1 N–H and O–H groups in total. The number of hydrogen-bond acceptors (Lipinski definition) is 1. The van der Waals surface area contributed by atoms with Crippen LogP contribution in [-0.4, -0.2) is 18.3 Å². The molecular weight excluding hydrogens is 254 g/mol. The van der Waals surface area contributed by atoms with Crippen molar-refractivity contribution in [2.45, 2.75) is 6.42 Å². The van der Waals surface area contributed by atoms with Crippen molar-refractivity contribution >= 4 is 27.9 Å². The van der Waals surface area contributed by atoms with Gasteiger partial charge in [0.15, 0.2) is 0 Å². The first kappa shape index (κ1) is 12.0. The number of likely N-dealkylation sites (N-methyl/N-ethyl adjacent to an activating group) is 1. The van der Waals surface area contributed by atoms with Gasteiger partial charge in [0.1, 0.15) is 0 Å². The monoisotopic (exact) mass is 267 g/mol. The zero-order valence-electron chi connectivity index (χ0n) is 8.66. The Morgan fingerprint density at radius 2 is 2.07 bits per heavy atom.